The van der Waals surface area contributed by atoms with Gasteiger partial charge in [0.15, 0.2) is 0 Å². The Bertz CT molecular complexity index is 554. The Kier molecular flexibility index (Phi) is 4.15. The Morgan fingerprint density at radius 2 is 1.68 bits per heavy atom. The lowest BCUT2D eigenvalue weighted by Gasteiger charge is -2.21. The van der Waals surface area contributed by atoms with Crippen LogP contribution in [-0.4, -0.2) is 12.6 Å². The standard InChI is InChI=1S/C15H17N3O/c16-10-9-12-5-4-8-14(11-12)18(15(17)19)13-6-2-1-3-7-13/h1-8,11H,9-10,16H2,(H2,17,19). The van der Waals surface area contributed by atoms with E-state index in [1.807, 2.05) is 54.6 Å². The van der Waals surface area contributed by atoms with E-state index in [4.69, 9.17) is 11.5 Å². The van der Waals surface area contributed by atoms with Crippen LogP contribution in [0.1, 0.15) is 5.56 Å². The second-order valence-electron chi connectivity index (χ2n) is 4.22. The lowest BCUT2D eigenvalue weighted by atomic mass is 10.1. The van der Waals surface area contributed by atoms with Crippen LogP contribution in [0.2, 0.25) is 0 Å². The maximum absolute atomic E-state index is 11.7. The summed E-state index contributed by atoms with van der Waals surface area (Å²) in [6, 6.07) is 16.5. The minimum absolute atomic E-state index is 0.504. The van der Waals surface area contributed by atoms with Crippen molar-refractivity contribution in [1.82, 2.24) is 0 Å². The van der Waals surface area contributed by atoms with Crippen molar-refractivity contribution >= 4 is 17.4 Å². The second kappa shape index (κ2) is 6.02. The van der Waals surface area contributed by atoms with E-state index >= 15 is 0 Å². The second-order valence-corrected chi connectivity index (χ2v) is 4.22. The van der Waals surface area contributed by atoms with E-state index in [-0.39, 0.29) is 0 Å². The summed E-state index contributed by atoms with van der Waals surface area (Å²) in [6.07, 6.45) is 0.773. The van der Waals surface area contributed by atoms with Crippen LogP contribution in [0.15, 0.2) is 54.6 Å². The molecule has 2 rings (SSSR count). The fourth-order valence-corrected chi connectivity index (χ4v) is 2.00. The summed E-state index contributed by atoms with van der Waals surface area (Å²) >= 11 is 0. The lowest BCUT2D eigenvalue weighted by molar-refractivity contribution is 0.256. The monoisotopic (exact) mass is 255 g/mol. The number of nitrogens with two attached hydrogens (primary N) is 2. The molecule has 0 aliphatic heterocycles. The van der Waals surface area contributed by atoms with Crippen molar-refractivity contribution < 1.29 is 4.79 Å². The number of hydrogen-bond donors (Lipinski definition) is 2. The number of urea groups is 1. The molecule has 2 amide bonds. The summed E-state index contributed by atoms with van der Waals surface area (Å²) in [6.45, 7) is 0.575. The summed E-state index contributed by atoms with van der Waals surface area (Å²) in [5.74, 6) is 0. The predicted molar refractivity (Wildman–Crippen MR) is 77.4 cm³/mol. The van der Waals surface area contributed by atoms with Gasteiger partial charge in [-0.25, -0.2) is 4.79 Å². The number of para-hydroxylation sites is 1. The van der Waals surface area contributed by atoms with Crippen molar-refractivity contribution in [3.8, 4) is 0 Å². The zero-order valence-electron chi connectivity index (χ0n) is 10.6. The van der Waals surface area contributed by atoms with E-state index in [9.17, 15) is 4.79 Å². The minimum Gasteiger partial charge on any atom is -0.351 e. The maximum Gasteiger partial charge on any atom is 0.323 e. The van der Waals surface area contributed by atoms with Gasteiger partial charge in [-0.1, -0.05) is 30.3 Å². The summed E-state index contributed by atoms with van der Waals surface area (Å²) < 4.78 is 0. The summed E-state index contributed by atoms with van der Waals surface area (Å²) in [4.78, 5) is 13.2. The van der Waals surface area contributed by atoms with E-state index in [1.165, 1.54) is 4.90 Å². The van der Waals surface area contributed by atoms with Gasteiger partial charge in [-0.15, -0.1) is 0 Å². The average Bonchev–Trinajstić information content (AvgIpc) is 2.40. The normalized spacial score (nSPS) is 10.2. The Balaban J connectivity index is 2.40. The highest BCUT2D eigenvalue weighted by Gasteiger charge is 2.14. The van der Waals surface area contributed by atoms with Crippen LogP contribution in [0, 0.1) is 0 Å². The first-order chi connectivity index (χ1) is 9.22. The number of amides is 2. The molecule has 2 aromatic carbocycles. The Morgan fingerprint density at radius 1 is 1.00 bits per heavy atom. The van der Waals surface area contributed by atoms with Crippen LogP contribution >= 0.6 is 0 Å². The van der Waals surface area contributed by atoms with E-state index in [1.54, 1.807) is 0 Å². The molecular formula is C15H17N3O. The van der Waals surface area contributed by atoms with Crippen LogP contribution in [0.4, 0.5) is 16.2 Å². The first-order valence-corrected chi connectivity index (χ1v) is 6.16. The number of rotatable bonds is 4. The molecule has 4 nitrogen and oxygen atoms in total. The van der Waals surface area contributed by atoms with Gasteiger partial charge in [0.2, 0.25) is 0 Å². The van der Waals surface area contributed by atoms with Crippen molar-refractivity contribution in [1.29, 1.82) is 0 Å². The molecule has 0 aliphatic rings. The fraction of sp³-hybridized carbons (Fsp3) is 0.133. The molecule has 0 fully saturated rings. The summed E-state index contributed by atoms with van der Waals surface area (Å²) in [5.41, 5.74) is 13.6. The van der Waals surface area contributed by atoms with Crippen LogP contribution in [-0.2, 0) is 6.42 Å². The molecule has 0 bridgehead atoms. The third-order valence-electron chi connectivity index (χ3n) is 2.84. The predicted octanol–water partition coefficient (Wildman–Crippen LogP) is 2.40. The first-order valence-electron chi connectivity index (χ1n) is 6.16. The third-order valence-corrected chi connectivity index (χ3v) is 2.84. The van der Waals surface area contributed by atoms with Gasteiger partial charge in [0.1, 0.15) is 0 Å². The number of benzene rings is 2. The number of nitrogens with zero attached hydrogens (tertiary/aromatic N) is 1. The SMILES string of the molecule is NCCc1cccc(N(C(N)=O)c2ccccc2)c1. The molecule has 0 unspecified atom stereocenters. The Labute approximate surface area is 112 Å². The molecule has 0 aliphatic carbocycles. The maximum atomic E-state index is 11.7. The quantitative estimate of drug-likeness (QED) is 0.880. The van der Waals surface area contributed by atoms with Gasteiger partial charge in [-0.3, -0.25) is 4.90 Å². The molecule has 0 atom stereocenters. The van der Waals surface area contributed by atoms with Crippen LogP contribution < -0.4 is 16.4 Å². The highest BCUT2D eigenvalue weighted by Crippen LogP contribution is 2.25. The van der Waals surface area contributed by atoms with E-state index in [2.05, 4.69) is 0 Å². The van der Waals surface area contributed by atoms with Crippen molar-refractivity contribution in [2.45, 2.75) is 6.42 Å². The van der Waals surface area contributed by atoms with Gasteiger partial charge in [0.25, 0.3) is 0 Å². The van der Waals surface area contributed by atoms with Crippen molar-refractivity contribution in [3.05, 3.63) is 60.2 Å². The number of anilines is 2. The highest BCUT2D eigenvalue weighted by molar-refractivity contribution is 5.98. The fourth-order valence-electron chi connectivity index (χ4n) is 2.00. The van der Waals surface area contributed by atoms with Crippen molar-refractivity contribution in [3.63, 3.8) is 0 Å². The van der Waals surface area contributed by atoms with E-state index in [0.717, 1.165) is 23.4 Å². The van der Waals surface area contributed by atoms with Crippen molar-refractivity contribution in [2.75, 3.05) is 11.4 Å². The molecule has 4 N–H and O–H groups in total. The molecular weight excluding hydrogens is 238 g/mol. The molecule has 0 heterocycles. The minimum atomic E-state index is -0.504. The summed E-state index contributed by atoms with van der Waals surface area (Å²) in [5, 5.41) is 0. The van der Waals surface area contributed by atoms with Gasteiger partial charge in [0, 0.05) is 0 Å². The van der Waals surface area contributed by atoms with E-state index < -0.39 is 6.03 Å². The Hall–Kier alpha value is -2.33. The van der Waals surface area contributed by atoms with Crippen LogP contribution in [0.25, 0.3) is 0 Å². The molecule has 0 saturated heterocycles. The number of primary amides is 1. The molecule has 0 radical (unpaired) electrons. The molecule has 19 heavy (non-hydrogen) atoms. The zero-order valence-corrected chi connectivity index (χ0v) is 10.6. The molecule has 0 spiro atoms. The molecule has 2 aromatic rings. The zero-order chi connectivity index (χ0) is 13.7. The average molecular weight is 255 g/mol. The first kappa shape index (κ1) is 13.1. The molecule has 0 saturated carbocycles. The number of hydrogen-bond acceptors (Lipinski definition) is 2. The number of carbonyl (C=O) groups excluding carboxylic acids is 1. The largest absolute Gasteiger partial charge is 0.351 e. The molecule has 4 heteroatoms. The number of carbonyl (C=O) groups is 1. The van der Waals surface area contributed by atoms with E-state index in [0.29, 0.717) is 6.54 Å². The van der Waals surface area contributed by atoms with Crippen LogP contribution in [0.5, 0.6) is 0 Å². The van der Waals surface area contributed by atoms with Gasteiger partial charge in [-0.05, 0) is 42.8 Å². The third kappa shape index (κ3) is 3.11. The molecule has 98 valence electrons. The van der Waals surface area contributed by atoms with Gasteiger partial charge < -0.3 is 11.5 Å². The van der Waals surface area contributed by atoms with Gasteiger partial charge in [0.05, 0.1) is 11.4 Å². The topological polar surface area (TPSA) is 72.3 Å². The van der Waals surface area contributed by atoms with Crippen molar-refractivity contribution in [2.24, 2.45) is 11.5 Å². The molecule has 0 aromatic heterocycles. The van der Waals surface area contributed by atoms with Gasteiger partial charge >= 0.3 is 6.03 Å². The van der Waals surface area contributed by atoms with Gasteiger partial charge in [-0.2, -0.15) is 0 Å². The van der Waals surface area contributed by atoms with Crippen LogP contribution in [0.3, 0.4) is 0 Å². The highest BCUT2D eigenvalue weighted by atomic mass is 16.2. The lowest BCUT2D eigenvalue weighted by Crippen LogP contribution is -2.31. The summed E-state index contributed by atoms with van der Waals surface area (Å²) in [7, 11) is 0. The Morgan fingerprint density at radius 3 is 2.32 bits per heavy atom. The smallest absolute Gasteiger partial charge is 0.323 e.